The molecule has 0 spiro atoms. The Labute approximate surface area is 99.6 Å². The van der Waals surface area contributed by atoms with Crippen molar-refractivity contribution in [3.63, 3.8) is 0 Å². The second-order valence-electron chi connectivity index (χ2n) is 2.86. The lowest BCUT2D eigenvalue weighted by Crippen LogP contribution is -2.48. The second-order valence-corrected chi connectivity index (χ2v) is 2.86. The molecule has 0 aromatic heterocycles. The van der Waals surface area contributed by atoms with Crippen LogP contribution in [0.1, 0.15) is 0 Å². The van der Waals surface area contributed by atoms with Gasteiger partial charge in [0.2, 0.25) is 0 Å². The lowest BCUT2D eigenvalue weighted by molar-refractivity contribution is -0.113. The van der Waals surface area contributed by atoms with Crippen molar-refractivity contribution in [2.75, 3.05) is 20.2 Å². The van der Waals surface area contributed by atoms with E-state index in [1.165, 1.54) is 0 Å². The topological polar surface area (TPSA) is 113 Å². The lowest BCUT2D eigenvalue weighted by atomic mass is 10.0. The summed E-state index contributed by atoms with van der Waals surface area (Å²) in [5.74, 6) is 0. The van der Waals surface area contributed by atoms with E-state index < -0.39 is 31.0 Å². The fraction of sp³-hybridized carbons (Fsp3) is 1.00. The van der Waals surface area contributed by atoms with Crippen molar-refractivity contribution in [2.24, 2.45) is 0 Å². The van der Waals surface area contributed by atoms with Gasteiger partial charge in [0.25, 0.3) is 0 Å². The summed E-state index contributed by atoms with van der Waals surface area (Å²) in [4.78, 5) is 0. The molecule has 0 aromatic rings. The van der Waals surface area contributed by atoms with E-state index in [0.717, 1.165) is 0 Å². The van der Waals surface area contributed by atoms with Crippen LogP contribution in [0.5, 0.6) is 0 Å². The van der Waals surface area contributed by atoms with Gasteiger partial charge >= 0.3 is 0 Å². The Kier molecular flexibility index (Phi) is 10.6. The molecule has 7 heteroatoms. The second kappa shape index (κ2) is 8.77. The van der Waals surface area contributed by atoms with Gasteiger partial charge in [-0.2, -0.15) is 0 Å². The number of halogens is 1. The van der Waals surface area contributed by atoms with Gasteiger partial charge in [0, 0.05) is 6.54 Å². The molecule has 0 saturated heterocycles. The largest absolute Gasteiger partial charge is 0.394 e. The molecule has 0 aromatic carbocycles. The van der Waals surface area contributed by atoms with E-state index in [0.29, 0.717) is 0 Å². The first kappa shape index (κ1) is 16.9. The minimum absolute atomic E-state index is 0. The first-order chi connectivity index (χ1) is 6.04. The van der Waals surface area contributed by atoms with Crippen LogP contribution in [0.15, 0.2) is 0 Å². The molecule has 6 nitrogen and oxygen atoms in total. The molecule has 88 valence electrons. The smallest absolute Gasteiger partial charge is 0.111 e. The van der Waals surface area contributed by atoms with E-state index in [-0.39, 0.29) is 30.5 Å². The molecular weight excluding hydrogens is 305 g/mol. The Morgan fingerprint density at radius 3 is 1.79 bits per heavy atom. The third-order valence-corrected chi connectivity index (χ3v) is 1.74. The molecule has 0 amide bonds. The Hall–Kier alpha value is 0.490. The van der Waals surface area contributed by atoms with Crippen LogP contribution in [-0.4, -0.2) is 70.1 Å². The van der Waals surface area contributed by atoms with Crippen LogP contribution in [0.25, 0.3) is 0 Å². The molecule has 0 bridgehead atoms. The van der Waals surface area contributed by atoms with Crippen molar-refractivity contribution in [2.45, 2.75) is 24.4 Å². The summed E-state index contributed by atoms with van der Waals surface area (Å²) >= 11 is 0. The SMILES string of the molecule is CNC[C@H](O)[C@@H](O)[C@@H](O)[C@H](O)CO.I. The van der Waals surface area contributed by atoms with E-state index in [9.17, 15) is 5.11 Å². The zero-order valence-electron chi connectivity index (χ0n) is 7.87. The highest BCUT2D eigenvalue weighted by molar-refractivity contribution is 14.0. The molecule has 0 saturated carbocycles. The average molecular weight is 323 g/mol. The van der Waals surface area contributed by atoms with Gasteiger partial charge in [-0.1, -0.05) is 0 Å². The van der Waals surface area contributed by atoms with Gasteiger partial charge in [-0.05, 0) is 7.05 Å². The van der Waals surface area contributed by atoms with Gasteiger partial charge in [0.1, 0.15) is 18.3 Å². The van der Waals surface area contributed by atoms with Gasteiger partial charge in [0.05, 0.1) is 12.7 Å². The van der Waals surface area contributed by atoms with E-state index in [1.807, 2.05) is 0 Å². The van der Waals surface area contributed by atoms with E-state index >= 15 is 0 Å². The van der Waals surface area contributed by atoms with Crippen LogP contribution in [0.3, 0.4) is 0 Å². The summed E-state index contributed by atoms with van der Waals surface area (Å²) in [5.41, 5.74) is 0. The summed E-state index contributed by atoms with van der Waals surface area (Å²) in [7, 11) is 1.57. The molecule has 0 rings (SSSR count). The number of hydrogen-bond acceptors (Lipinski definition) is 6. The Bertz CT molecular complexity index is 139. The molecule has 0 radical (unpaired) electrons. The van der Waals surface area contributed by atoms with Crippen LogP contribution < -0.4 is 5.32 Å². The molecule has 4 atom stereocenters. The number of rotatable bonds is 6. The van der Waals surface area contributed by atoms with Gasteiger partial charge in [-0.25, -0.2) is 0 Å². The highest BCUT2D eigenvalue weighted by Crippen LogP contribution is 2.04. The number of aliphatic hydroxyl groups excluding tert-OH is 5. The van der Waals surface area contributed by atoms with Gasteiger partial charge in [0.15, 0.2) is 0 Å². The van der Waals surface area contributed by atoms with Crippen molar-refractivity contribution in [3.05, 3.63) is 0 Å². The van der Waals surface area contributed by atoms with Gasteiger partial charge in [-0.3, -0.25) is 0 Å². The van der Waals surface area contributed by atoms with Crippen molar-refractivity contribution >= 4 is 24.0 Å². The molecule has 0 heterocycles. The molecule has 0 unspecified atom stereocenters. The molecule has 0 aliphatic heterocycles. The van der Waals surface area contributed by atoms with Gasteiger partial charge in [-0.15, -0.1) is 24.0 Å². The zero-order valence-corrected chi connectivity index (χ0v) is 10.2. The zero-order chi connectivity index (χ0) is 10.4. The summed E-state index contributed by atoms with van der Waals surface area (Å²) in [6.07, 6.45) is -5.65. The van der Waals surface area contributed by atoms with Crippen molar-refractivity contribution in [3.8, 4) is 0 Å². The summed E-state index contributed by atoms with van der Waals surface area (Å²) in [6, 6.07) is 0. The van der Waals surface area contributed by atoms with E-state index in [1.54, 1.807) is 7.05 Å². The van der Waals surface area contributed by atoms with Crippen molar-refractivity contribution in [1.29, 1.82) is 0 Å². The maximum Gasteiger partial charge on any atom is 0.111 e. The standard InChI is InChI=1S/C7H17NO5.HI/c1-8-2-4(10)6(12)7(13)5(11)3-9;/h4-13H,2-3H2,1H3;1H/t4-,5+,6+,7-;/m0./s1. The predicted molar refractivity (Wildman–Crippen MR) is 60.5 cm³/mol. The minimum atomic E-state index is -1.55. The Balaban J connectivity index is 0. The van der Waals surface area contributed by atoms with Crippen molar-refractivity contribution in [1.82, 2.24) is 5.32 Å². The molecule has 0 aliphatic carbocycles. The fourth-order valence-electron chi connectivity index (χ4n) is 0.893. The number of likely N-dealkylation sites (N-methyl/N-ethyl adjacent to an activating group) is 1. The number of hydrogen-bond donors (Lipinski definition) is 6. The number of aliphatic hydroxyl groups is 5. The molecule has 14 heavy (non-hydrogen) atoms. The summed E-state index contributed by atoms with van der Waals surface area (Å²) in [5, 5.41) is 47.5. The molecule has 0 aliphatic rings. The number of nitrogens with one attached hydrogen (secondary N) is 1. The first-order valence-corrected chi connectivity index (χ1v) is 4.02. The molecule has 6 N–H and O–H groups in total. The molecule has 0 fully saturated rings. The van der Waals surface area contributed by atoms with E-state index in [2.05, 4.69) is 5.32 Å². The van der Waals surface area contributed by atoms with Crippen molar-refractivity contribution < 1.29 is 25.5 Å². The van der Waals surface area contributed by atoms with E-state index in [4.69, 9.17) is 20.4 Å². The van der Waals surface area contributed by atoms with Crippen LogP contribution in [0, 0.1) is 0 Å². The minimum Gasteiger partial charge on any atom is -0.394 e. The highest BCUT2D eigenvalue weighted by Gasteiger charge is 2.29. The monoisotopic (exact) mass is 323 g/mol. The van der Waals surface area contributed by atoms with Crippen LogP contribution in [-0.2, 0) is 0 Å². The average Bonchev–Trinajstić information content (AvgIpc) is 2.14. The quantitative estimate of drug-likeness (QED) is 0.296. The Morgan fingerprint density at radius 2 is 1.43 bits per heavy atom. The highest BCUT2D eigenvalue weighted by atomic mass is 127. The van der Waals surface area contributed by atoms with Crippen LogP contribution in [0.4, 0.5) is 0 Å². The fourth-order valence-corrected chi connectivity index (χ4v) is 0.893. The predicted octanol–water partition coefficient (Wildman–Crippen LogP) is -2.74. The third kappa shape index (κ3) is 5.39. The normalized spacial score (nSPS) is 19.3. The first-order valence-electron chi connectivity index (χ1n) is 4.02. The molecular formula is C7H18INO5. The maximum atomic E-state index is 9.21. The lowest BCUT2D eigenvalue weighted by Gasteiger charge is -2.25. The summed E-state index contributed by atoms with van der Waals surface area (Å²) in [6.45, 7) is -0.569. The van der Waals surface area contributed by atoms with Crippen LogP contribution in [0.2, 0.25) is 0 Å². The Morgan fingerprint density at radius 1 is 1.00 bits per heavy atom. The summed E-state index contributed by atoms with van der Waals surface area (Å²) < 4.78 is 0. The van der Waals surface area contributed by atoms with Gasteiger partial charge < -0.3 is 30.8 Å². The van der Waals surface area contributed by atoms with Crippen LogP contribution >= 0.6 is 24.0 Å². The maximum absolute atomic E-state index is 9.21. The third-order valence-electron chi connectivity index (χ3n) is 1.74.